The van der Waals surface area contributed by atoms with Gasteiger partial charge in [-0.1, -0.05) is 6.07 Å². The second kappa shape index (κ2) is 8.75. The summed E-state index contributed by atoms with van der Waals surface area (Å²) < 4.78 is 32.0. The minimum absolute atomic E-state index is 0.0301. The molecule has 1 aliphatic heterocycles. The van der Waals surface area contributed by atoms with E-state index in [2.05, 4.69) is 5.32 Å². The van der Waals surface area contributed by atoms with Crippen molar-refractivity contribution < 1.29 is 22.8 Å². The van der Waals surface area contributed by atoms with Crippen LogP contribution in [0.15, 0.2) is 23.1 Å². The number of ether oxygens (including phenoxy) is 1. The standard InChI is InChI=1S/C17H27N3O4S/c1-14-4-5-16(12-15(14)2)25(22,23)20-9-7-19(8-10-20)13-17(21)18-6-11-24-3/h4-5,12H,6-11,13H2,1-3H3,(H,18,21)/p+1. The molecule has 0 unspecified atom stereocenters. The van der Waals surface area contributed by atoms with E-state index >= 15 is 0 Å². The second-order valence-corrected chi connectivity index (χ2v) is 8.36. The Balaban J connectivity index is 1.90. The SMILES string of the molecule is COCCNC(=O)C[NH+]1CCN(S(=O)(=O)c2ccc(C)c(C)c2)CC1. The summed E-state index contributed by atoms with van der Waals surface area (Å²) in [6, 6.07) is 5.24. The fraction of sp³-hybridized carbons (Fsp3) is 0.588. The van der Waals surface area contributed by atoms with Crippen LogP contribution < -0.4 is 10.2 Å². The highest BCUT2D eigenvalue weighted by Gasteiger charge is 2.31. The molecule has 2 rings (SSSR count). The van der Waals surface area contributed by atoms with E-state index in [1.807, 2.05) is 19.9 Å². The zero-order valence-electron chi connectivity index (χ0n) is 15.2. The number of nitrogens with zero attached hydrogens (tertiary/aromatic N) is 1. The van der Waals surface area contributed by atoms with Gasteiger partial charge >= 0.3 is 0 Å². The maximum atomic E-state index is 12.8. The number of methoxy groups -OCH3 is 1. The van der Waals surface area contributed by atoms with Crippen LogP contribution in [0.25, 0.3) is 0 Å². The highest BCUT2D eigenvalue weighted by Crippen LogP contribution is 2.19. The number of hydrogen-bond donors (Lipinski definition) is 2. The van der Waals surface area contributed by atoms with Crippen molar-refractivity contribution in [2.45, 2.75) is 18.7 Å². The van der Waals surface area contributed by atoms with Crippen LogP contribution in [0.5, 0.6) is 0 Å². The number of amides is 1. The van der Waals surface area contributed by atoms with Crippen LogP contribution in [0, 0.1) is 13.8 Å². The summed E-state index contributed by atoms with van der Waals surface area (Å²) in [7, 11) is -1.88. The van der Waals surface area contributed by atoms with Gasteiger partial charge in [0.2, 0.25) is 10.0 Å². The Morgan fingerprint density at radius 1 is 1.24 bits per heavy atom. The van der Waals surface area contributed by atoms with Crippen molar-refractivity contribution in [3.8, 4) is 0 Å². The third kappa shape index (κ3) is 5.24. The summed E-state index contributed by atoms with van der Waals surface area (Å²) in [6.45, 7) is 7.33. The number of piperazine rings is 1. The fourth-order valence-electron chi connectivity index (χ4n) is 2.83. The van der Waals surface area contributed by atoms with Crippen molar-refractivity contribution in [1.29, 1.82) is 0 Å². The van der Waals surface area contributed by atoms with Gasteiger partial charge in [0.15, 0.2) is 6.54 Å². The number of nitrogens with one attached hydrogen (secondary N) is 2. The Labute approximate surface area is 150 Å². The number of benzene rings is 1. The zero-order chi connectivity index (χ0) is 18.4. The molecular weight excluding hydrogens is 342 g/mol. The predicted molar refractivity (Wildman–Crippen MR) is 95.1 cm³/mol. The van der Waals surface area contributed by atoms with Gasteiger partial charge < -0.3 is 15.0 Å². The molecule has 0 atom stereocenters. The van der Waals surface area contributed by atoms with Gasteiger partial charge in [0.1, 0.15) is 0 Å². The average Bonchev–Trinajstić information content (AvgIpc) is 2.58. The summed E-state index contributed by atoms with van der Waals surface area (Å²) in [4.78, 5) is 13.3. The summed E-state index contributed by atoms with van der Waals surface area (Å²) in [6.07, 6.45) is 0. The summed E-state index contributed by atoms with van der Waals surface area (Å²) >= 11 is 0. The van der Waals surface area contributed by atoms with Gasteiger partial charge in [-0.3, -0.25) is 4.79 Å². The van der Waals surface area contributed by atoms with Crippen LogP contribution in [0.4, 0.5) is 0 Å². The minimum Gasteiger partial charge on any atom is -0.383 e. The average molecular weight is 370 g/mol. The van der Waals surface area contributed by atoms with E-state index in [1.54, 1.807) is 19.2 Å². The van der Waals surface area contributed by atoms with Gasteiger partial charge in [0.25, 0.3) is 5.91 Å². The summed E-state index contributed by atoms with van der Waals surface area (Å²) in [5.41, 5.74) is 2.05. The molecule has 1 heterocycles. The molecule has 0 aliphatic carbocycles. The first-order valence-electron chi connectivity index (χ1n) is 8.51. The highest BCUT2D eigenvalue weighted by atomic mass is 32.2. The molecule has 140 valence electrons. The Bertz CT molecular complexity index is 698. The third-order valence-corrected chi connectivity index (χ3v) is 6.48. The van der Waals surface area contributed by atoms with E-state index in [4.69, 9.17) is 4.74 Å². The third-order valence-electron chi connectivity index (χ3n) is 4.58. The van der Waals surface area contributed by atoms with Gasteiger partial charge in [-0.05, 0) is 37.1 Å². The molecule has 25 heavy (non-hydrogen) atoms. The molecule has 2 N–H and O–H groups in total. The largest absolute Gasteiger partial charge is 0.383 e. The van der Waals surface area contributed by atoms with Crippen molar-refractivity contribution in [3.63, 3.8) is 0 Å². The van der Waals surface area contributed by atoms with Gasteiger partial charge in [-0.15, -0.1) is 0 Å². The molecule has 1 amide bonds. The van der Waals surface area contributed by atoms with Crippen LogP contribution >= 0.6 is 0 Å². The number of sulfonamides is 1. The van der Waals surface area contributed by atoms with E-state index < -0.39 is 10.0 Å². The molecule has 0 aromatic heterocycles. The van der Waals surface area contributed by atoms with E-state index in [0.29, 0.717) is 50.8 Å². The number of hydrogen-bond acceptors (Lipinski definition) is 4. The molecule has 0 bridgehead atoms. The predicted octanol–water partition coefficient (Wildman–Crippen LogP) is -1.04. The van der Waals surface area contributed by atoms with Crippen LogP contribution in [0.3, 0.4) is 0 Å². The molecule has 0 spiro atoms. The van der Waals surface area contributed by atoms with E-state index in [1.165, 1.54) is 4.31 Å². The maximum absolute atomic E-state index is 12.8. The topological polar surface area (TPSA) is 80.2 Å². The highest BCUT2D eigenvalue weighted by molar-refractivity contribution is 7.89. The van der Waals surface area contributed by atoms with E-state index in [-0.39, 0.29) is 5.91 Å². The van der Waals surface area contributed by atoms with Crippen molar-refractivity contribution in [1.82, 2.24) is 9.62 Å². The second-order valence-electron chi connectivity index (χ2n) is 6.42. The number of carbonyl (C=O) groups excluding carboxylic acids is 1. The lowest BCUT2D eigenvalue weighted by atomic mass is 10.1. The Morgan fingerprint density at radius 2 is 1.92 bits per heavy atom. The number of rotatable bonds is 7. The number of aryl methyl sites for hydroxylation is 2. The first-order chi connectivity index (χ1) is 11.8. The minimum atomic E-state index is -3.47. The molecule has 1 fully saturated rings. The molecule has 1 aromatic rings. The summed E-state index contributed by atoms with van der Waals surface area (Å²) in [5, 5.41) is 2.79. The number of quaternary nitrogens is 1. The van der Waals surface area contributed by atoms with Crippen molar-refractivity contribution in [3.05, 3.63) is 29.3 Å². The Hall–Kier alpha value is -1.48. The lowest BCUT2D eigenvalue weighted by Gasteiger charge is -2.31. The molecule has 8 heteroatoms. The molecule has 1 aromatic carbocycles. The molecular formula is C17H28N3O4S+. The van der Waals surface area contributed by atoms with E-state index in [9.17, 15) is 13.2 Å². The molecule has 1 saturated heterocycles. The molecule has 7 nitrogen and oxygen atoms in total. The van der Waals surface area contributed by atoms with Crippen molar-refractivity contribution >= 4 is 15.9 Å². The van der Waals surface area contributed by atoms with Gasteiger partial charge in [0.05, 0.1) is 37.7 Å². The van der Waals surface area contributed by atoms with Crippen molar-refractivity contribution in [2.24, 2.45) is 0 Å². The quantitative estimate of drug-likeness (QED) is 0.601. The lowest BCUT2D eigenvalue weighted by Crippen LogP contribution is -3.15. The van der Waals surface area contributed by atoms with E-state index in [0.717, 1.165) is 16.0 Å². The number of carbonyl (C=O) groups is 1. The first-order valence-corrected chi connectivity index (χ1v) is 9.95. The van der Waals surface area contributed by atoms with Crippen LogP contribution in [0.2, 0.25) is 0 Å². The Kier molecular flexibility index (Phi) is 6.95. The molecule has 1 aliphatic rings. The van der Waals surface area contributed by atoms with Gasteiger partial charge in [-0.25, -0.2) is 8.42 Å². The first kappa shape index (κ1) is 19.8. The van der Waals surface area contributed by atoms with Crippen molar-refractivity contribution in [2.75, 3.05) is 53.0 Å². The Morgan fingerprint density at radius 3 is 2.52 bits per heavy atom. The van der Waals surface area contributed by atoms with Gasteiger partial charge in [-0.2, -0.15) is 4.31 Å². The van der Waals surface area contributed by atoms with Gasteiger partial charge in [0, 0.05) is 13.7 Å². The fourth-order valence-corrected chi connectivity index (χ4v) is 4.35. The van der Waals surface area contributed by atoms with Crippen LogP contribution in [0.1, 0.15) is 11.1 Å². The normalized spacial score (nSPS) is 16.8. The monoisotopic (exact) mass is 370 g/mol. The van der Waals surface area contributed by atoms with Crippen LogP contribution in [-0.2, 0) is 19.6 Å². The molecule has 0 radical (unpaired) electrons. The molecule has 0 saturated carbocycles. The summed E-state index contributed by atoms with van der Waals surface area (Å²) in [5.74, 6) is -0.0301. The zero-order valence-corrected chi connectivity index (χ0v) is 16.0. The lowest BCUT2D eigenvalue weighted by molar-refractivity contribution is -0.895. The maximum Gasteiger partial charge on any atom is 0.275 e. The van der Waals surface area contributed by atoms with Crippen LogP contribution in [-0.4, -0.2) is 71.6 Å². The smallest absolute Gasteiger partial charge is 0.275 e.